The second-order valence-electron chi connectivity index (χ2n) is 4.37. The minimum absolute atomic E-state index is 0.609. The fourth-order valence-corrected chi connectivity index (χ4v) is 2.76. The van der Waals surface area contributed by atoms with E-state index in [2.05, 4.69) is 42.7 Å². The molecule has 104 valence electrons. The Morgan fingerprint density at radius 2 is 1.75 bits per heavy atom. The molecule has 0 bridgehead atoms. The SMILES string of the molecule is CCSc1ccccc1NC(=S)Nc1ccc(C)cc1. The van der Waals surface area contributed by atoms with Gasteiger partial charge in [-0.1, -0.05) is 36.8 Å². The number of aryl methyl sites for hydroxylation is 1. The third-order valence-corrected chi connectivity index (χ3v) is 3.90. The molecule has 4 heteroatoms. The van der Waals surface area contributed by atoms with Gasteiger partial charge in [-0.2, -0.15) is 0 Å². The van der Waals surface area contributed by atoms with Crippen molar-refractivity contribution in [3.05, 3.63) is 54.1 Å². The first kappa shape index (κ1) is 14.9. The summed E-state index contributed by atoms with van der Waals surface area (Å²) in [6.07, 6.45) is 0. The van der Waals surface area contributed by atoms with Gasteiger partial charge in [-0.15, -0.1) is 11.8 Å². The molecule has 0 aliphatic heterocycles. The molecule has 0 atom stereocenters. The van der Waals surface area contributed by atoms with Crippen LogP contribution in [-0.2, 0) is 0 Å². The molecule has 0 spiro atoms. The third kappa shape index (κ3) is 4.25. The fraction of sp³-hybridized carbons (Fsp3) is 0.188. The number of nitrogens with one attached hydrogen (secondary N) is 2. The molecule has 2 N–H and O–H groups in total. The Morgan fingerprint density at radius 3 is 2.45 bits per heavy atom. The van der Waals surface area contributed by atoms with Crippen molar-refractivity contribution in [2.45, 2.75) is 18.7 Å². The molecule has 2 aromatic carbocycles. The van der Waals surface area contributed by atoms with Crippen LogP contribution in [-0.4, -0.2) is 10.9 Å². The Bertz CT molecular complexity index is 579. The number of hydrogen-bond acceptors (Lipinski definition) is 2. The monoisotopic (exact) mass is 302 g/mol. The highest BCUT2D eigenvalue weighted by atomic mass is 32.2. The van der Waals surface area contributed by atoms with Gasteiger partial charge in [0.25, 0.3) is 0 Å². The summed E-state index contributed by atoms with van der Waals surface area (Å²) in [4.78, 5) is 1.21. The summed E-state index contributed by atoms with van der Waals surface area (Å²) in [7, 11) is 0. The lowest BCUT2D eigenvalue weighted by molar-refractivity contribution is 1.41. The minimum Gasteiger partial charge on any atom is -0.332 e. The first-order chi connectivity index (χ1) is 9.69. The molecule has 0 unspecified atom stereocenters. The van der Waals surface area contributed by atoms with Crippen LogP contribution in [0.25, 0.3) is 0 Å². The Kier molecular flexibility index (Phi) is 5.44. The second kappa shape index (κ2) is 7.31. The Morgan fingerprint density at radius 1 is 1.05 bits per heavy atom. The van der Waals surface area contributed by atoms with Crippen LogP contribution < -0.4 is 10.6 Å². The van der Waals surface area contributed by atoms with E-state index in [1.807, 2.05) is 30.3 Å². The molecule has 0 aromatic heterocycles. The molecule has 0 fully saturated rings. The zero-order valence-electron chi connectivity index (χ0n) is 11.6. The number of thiocarbonyl (C=S) groups is 1. The van der Waals surface area contributed by atoms with E-state index in [-0.39, 0.29) is 0 Å². The van der Waals surface area contributed by atoms with Gasteiger partial charge in [-0.05, 0) is 49.2 Å². The summed E-state index contributed by atoms with van der Waals surface area (Å²) >= 11 is 7.17. The van der Waals surface area contributed by atoms with Crippen molar-refractivity contribution >= 4 is 40.5 Å². The van der Waals surface area contributed by atoms with E-state index in [1.165, 1.54) is 10.5 Å². The molecule has 0 radical (unpaired) electrons. The predicted octanol–water partition coefficient (Wildman–Crippen LogP) is 4.92. The van der Waals surface area contributed by atoms with Gasteiger partial charge in [0.1, 0.15) is 0 Å². The maximum Gasteiger partial charge on any atom is 0.175 e. The lowest BCUT2D eigenvalue weighted by Gasteiger charge is -2.13. The lowest BCUT2D eigenvalue weighted by Crippen LogP contribution is -2.19. The van der Waals surface area contributed by atoms with Crippen LogP contribution in [0.5, 0.6) is 0 Å². The highest BCUT2D eigenvalue weighted by molar-refractivity contribution is 7.99. The second-order valence-corrected chi connectivity index (χ2v) is 6.09. The highest BCUT2D eigenvalue weighted by Crippen LogP contribution is 2.26. The summed E-state index contributed by atoms with van der Waals surface area (Å²) in [5.41, 5.74) is 3.27. The van der Waals surface area contributed by atoms with E-state index < -0.39 is 0 Å². The smallest absolute Gasteiger partial charge is 0.175 e. The van der Waals surface area contributed by atoms with Gasteiger partial charge in [-0.25, -0.2) is 0 Å². The lowest BCUT2D eigenvalue weighted by atomic mass is 10.2. The molecule has 0 aliphatic carbocycles. The van der Waals surface area contributed by atoms with Crippen molar-refractivity contribution < 1.29 is 0 Å². The number of thioether (sulfide) groups is 1. The van der Waals surface area contributed by atoms with Crippen LogP contribution in [0.2, 0.25) is 0 Å². The molecule has 0 saturated heterocycles. The average molecular weight is 302 g/mol. The highest BCUT2D eigenvalue weighted by Gasteiger charge is 2.04. The molecule has 2 nitrogen and oxygen atoms in total. The fourth-order valence-electron chi connectivity index (χ4n) is 1.77. The zero-order chi connectivity index (χ0) is 14.4. The predicted molar refractivity (Wildman–Crippen MR) is 93.9 cm³/mol. The maximum absolute atomic E-state index is 5.36. The van der Waals surface area contributed by atoms with E-state index in [0.29, 0.717) is 5.11 Å². The van der Waals surface area contributed by atoms with Crippen LogP contribution in [0.1, 0.15) is 12.5 Å². The van der Waals surface area contributed by atoms with Crippen molar-refractivity contribution in [2.75, 3.05) is 16.4 Å². The number of anilines is 2. The van der Waals surface area contributed by atoms with E-state index in [0.717, 1.165) is 17.1 Å². The summed E-state index contributed by atoms with van der Waals surface area (Å²) in [5.74, 6) is 1.04. The standard InChI is InChI=1S/C16H18N2S2/c1-3-20-15-7-5-4-6-14(15)18-16(19)17-13-10-8-12(2)9-11-13/h4-11H,3H2,1-2H3,(H2,17,18,19). The Balaban J connectivity index is 2.02. The molecule has 0 aliphatic rings. The van der Waals surface area contributed by atoms with Gasteiger partial charge in [-0.3, -0.25) is 0 Å². The first-order valence-electron chi connectivity index (χ1n) is 6.55. The molecule has 2 aromatic rings. The summed E-state index contributed by atoms with van der Waals surface area (Å²) in [5, 5.41) is 7.07. The van der Waals surface area contributed by atoms with E-state index in [4.69, 9.17) is 12.2 Å². The molecule has 0 heterocycles. The Hall–Kier alpha value is -1.52. The maximum atomic E-state index is 5.36. The van der Waals surface area contributed by atoms with Crippen LogP contribution in [0.15, 0.2) is 53.4 Å². The van der Waals surface area contributed by atoms with Crippen LogP contribution in [0.4, 0.5) is 11.4 Å². The van der Waals surface area contributed by atoms with Crippen molar-refractivity contribution in [3.8, 4) is 0 Å². The van der Waals surface area contributed by atoms with Crippen LogP contribution in [0.3, 0.4) is 0 Å². The van der Waals surface area contributed by atoms with Crippen LogP contribution in [0, 0.1) is 6.92 Å². The van der Waals surface area contributed by atoms with Gasteiger partial charge in [0.15, 0.2) is 5.11 Å². The van der Waals surface area contributed by atoms with Gasteiger partial charge in [0, 0.05) is 10.6 Å². The first-order valence-corrected chi connectivity index (χ1v) is 7.95. The number of hydrogen-bond donors (Lipinski definition) is 2. The number of benzene rings is 2. The molecule has 0 amide bonds. The van der Waals surface area contributed by atoms with Crippen molar-refractivity contribution in [3.63, 3.8) is 0 Å². The number of rotatable bonds is 4. The number of para-hydroxylation sites is 1. The van der Waals surface area contributed by atoms with Crippen molar-refractivity contribution in [1.82, 2.24) is 0 Å². The largest absolute Gasteiger partial charge is 0.332 e. The van der Waals surface area contributed by atoms with Gasteiger partial charge in [0.2, 0.25) is 0 Å². The quantitative estimate of drug-likeness (QED) is 0.618. The molecule has 2 rings (SSSR count). The molecule has 0 saturated carbocycles. The normalized spacial score (nSPS) is 10.1. The van der Waals surface area contributed by atoms with E-state index >= 15 is 0 Å². The average Bonchev–Trinajstić information content (AvgIpc) is 2.44. The van der Waals surface area contributed by atoms with Gasteiger partial charge >= 0.3 is 0 Å². The minimum atomic E-state index is 0.609. The van der Waals surface area contributed by atoms with E-state index in [1.54, 1.807) is 11.8 Å². The molecular formula is C16H18N2S2. The van der Waals surface area contributed by atoms with Crippen LogP contribution >= 0.6 is 24.0 Å². The van der Waals surface area contributed by atoms with E-state index in [9.17, 15) is 0 Å². The zero-order valence-corrected chi connectivity index (χ0v) is 13.3. The van der Waals surface area contributed by atoms with Gasteiger partial charge in [0.05, 0.1) is 5.69 Å². The summed E-state index contributed by atoms with van der Waals surface area (Å²) in [6.45, 7) is 4.21. The molecule has 20 heavy (non-hydrogen) atoms. The topological polar surface area (TPSA) is 24.1 Å². The van der Waals surface area contributed by atoms with Crippen molar-refractivity contribution in [1.29, 1.82) is 0 Å². The molecular weight excluding hydrogens is 284 g/mol. The Labute approximate surface area is 130 Å². The third-order valence-electron chi connectivity index (χ3n) is 2.74. The summed E-state index contributed by atoms with van der Waals surface area (Å²) in [6, 6.07) is 16.4. The van der Waals surface area contributed by atoms with Crippen molar-refractivity contribution in [2.24, 2.45) is 0 Å². The van der Waals surface area contributed by atoms with Gasteiger partial charge < -0.3 is 10.6 Å². The summed E-state index contributed by atoms with van der Waals surface area (Å²) < 4.78 is 0.